The lowest BCUT2D eigenvalue weighted by molar-refractivity contribution is -0.123. The van der Waals surface area contributed by atoms with Gasteiger partial charge in [0.15, 0.2) is 0 Å². The SMILES string of the molecule is CC(C)(C)C(=O)Nc1cc(-c2ccc(Cl)cc2)ccc1-c1ccccc1. The van der Waals surface area contributed by atoms with Gasteiger partial charge in [0, 0.05) is 21.7 Å². The maximum Gasteiger partial charge on any atom is 0.229 e. The Morgan fingerprint density at radius 3 is 2.04 bits per heavy atom. The van der Waals surface area contributed by atoms with E-state index in [1.165, 1.54) is 0 Å². The first-order valence-corrected chi connectivity index (χ1v) is 8.99. The van der Waals surface area contributed by atoms with E-state index in [4.69, 9.17) is 11.6 Å². The van der Waals surface area contributed by atoms with Gasteiger partial charge in [-0.25, -0.2) is 0 Å². The lowest BCUT2D eigenvalue weighted by Gasteiger charge is -2.20. The van der Waals surface area contributed by atoms with E-state index in [0.29, 0.717) is 5.02 Å². The summed E-state index contributed by atoms with van der Waals surface area (Å²) >= 11 is 6.00. The first-order valence-electron chi connectivity index (χ1n) is 8.61. The van der Waals surface area contributed by atoms with Crippen LogP contribution in [0.2, 0.25) is 5.02 Å². The molecule has 0 saturated carbocycles. The Balaban J connectivity index is 2.07. The van der Waals surface area contributed by atoms with Gasteiger partial charge in [0.05, 0.1) is 0 Å². The van der Waals surface area contributed by atoms with Crippen LogP contribution in [0.3, 0.4) is 0 Å². The van der Waals surface area contributed by atoms with Gasteiger partial charge in [0.2, 0.25) is 5.91 Å². The molecular weight excluding hydrogens is 342 g/mol. The van der Waals surface area contributed by atoms with Gasteiger partial charge in [-0.1, -0.05) is 87.0 Å². The lowest BCUT2D eigenvalue weighted by Crippen LogP contribution is -2.27. The van der Waals surface area contributed by atoms with E-state index < -0.39 is 5.41 Å². The van der Waals surface area contributed by atoms with E-state index >= 15 is 0 Å². The number of amides is 1. The van der Waals surface area contributed by atoms with Crippen molar-refractivity contribution in [3.05, 3.63) is 77.8 Å². The quantitative estimate of drug-likeness (QED) is 0.553. The lowest BCUT2D eigenvalue weighted by atomic mass is 9.94. The Morgan fingerprint density at radius 2 is 1.42 bits per heavy atom. The normalized spacial score (nSPS) is 11.2. The molecule has 0 heterocycles. The summed E-state index contributed by atoms with van der Waals surface area (Å²) in [6.07, 6.45) is 0. The Labute approximate surface area is 159 Å². The van der Waals surface area contributed by atoms with Crippen LogP contribution < -0.4 is 5.32 Å². The summed E-state index contributed by atoms with van der Waals surface area (Å²) in [5.74, 6) is -0.0112. The topological polar surface area (TPSA) is 29.1 Å². The predicted octanol–water partition coefficient (Wildman–Crippen LogP) is 6.66. The molecule has 0 aromatic heterocycles. The molecule has 0 unspecified atom stereocenters. The maximum absolute atomic E-state index is 12.6. The predicted molar refractivity (Wildman–Crippen MR) is 110 cm³/mol. The molecule has 0 atom stereocenters. The molecule has 0 bridgehead atoms. The van der Waals surface area contributed by atoms with Crippen molar-refractivity contribution in [2.75, 3.05) is 5.32 Å². The molecule has 1 amide bonds. The van der Waals surface area contributed by atoms with Crippen molar-refractivity contribution in [3.8, 4) is 22.3 Å². The van der Waals surface area contributed by atoms with Crippen molar-refractivity contribution in [1.29, 1.82) is 0 Å². The van der Waals surface area contributed by atoms with Gasteiger partial charge in [0.25, 0.3) is 0 Å². The number of rotatable bonds is 3. The Bertz CT molecular complexity index is 909. The molecule has 3 aromatic carbocycles. The maximum atomic E-state index is 12.6. The standard InChI is InChI=1S/C23H22ClNO/c1-23(2,3)22(26)25-21-15-18(16-9-12-19(24)13-10-16)11-14-20(21)17-7-5-4-6-8-17/h4-15H,1-3H3,(H,25,26). The summed E-state index contributed by atoms with van der Waals surface area (Å²) in [6, 6.07) is 23.9. The molecule has 0 aliphatic rings. The fourth-order valence-electron chi connectivity index (χ4n) is 2.65. The molecule has 2 nitrogen and oxygen atoms in total. The number of hydrogen-bond acceptors (Lipinski definition) is 1. The van der Waals surface area contributed by atoms with Crippen LogP contribution in [-0.2, 0) is 4.79 Å². The summed E-state index contributed by atoms with van der Waals surface area (Å²) in [7, 11) is 0. The number of hydrogen-bond donors (Lipinski definition) is 1. The van der Waals surface area contributed by atoms with Crippen LogP contribution in [0.15, 0.2) is 72.8 Å². The molecule has 3 aromatic rings. The number of carbonyl (C=O) groups excluding carboxylic acids is 1. The van der Waals surface area contributed by atoms with Crippen molar-refractivity contribution in [2.45, 2.75) is 20.8 Å². The van der Waals surface area contributed by atoms with E-state index in [0.717, 1.165) is 27.9 Å². The van der Waals surface area contributed by atoms with E-state index in [2.05, 4.69) is 17.4 Å². The van der Waals surface area contributed by atoms with Crippen molar-refractivity contribution in [2.24, 2.45) is 5.41 Å². The van der Waals surface area contributed by atoms with Gasteiger partial charge in [-0.2, -0.15) is 0 Å². The third-order valence-corrected chi connectivity index (χ3v) is 4.46. The van der Waals surface area contributed by atoms with Crippen LogP contribution in [0.1, 0.15) is 20.8 Å². The number of benzene rings is 3. The second kappa shape index (κ2) is 7.35. The van der Waals surface area contributed by atoms with E-state index in [1.54, 1.807) is 0 Å². The average molecular weight is 364 g/mol. The van der Waals surface area contributed by atoms with Crippen LogP contribution in [0, 0.1) is 5.41 Å². The number of halogens is 1. The molecule has 0 radical (unpaired) electrons. The summed E-state index contributed by atoms with van der Waals surface area (Å²) in [5, 5.41) is 3.81. The van der Waals surface area contributed by atoms with Crippen LogP contribution >= 0.6 is 11.6 Å². The third kappa shape index (κ3) is 4.14. The summed E-state index contributed by atoms with van der Waals surface area (Å²) < 4.78 is 0. The highest BCUT2D eigenvalue weighted by atomic mass is 35.5. The smallest absolute Gasteiger partial charge is 0.229 e. The van der Waals surface area contributed by atoms with E-state index in [1.807, 2.05) is 81.4 Å². The second-order valence-electron chi connectivity index (χ2n) is 7.34. The van der Waals surface area contributed by atoms with E-state index in [-0.39, 0.29) is 5.91 Å². The van der Waals surface area contributed by atoms with Crippen molar-refractivity contribution >= 4 is 23.2 Å². The first-order chi connectivity index (χ1) is 12.3. The van der Waals surface area contributed by atoms with Crippen LogP contribution in [-0.4, -0.2) is 5.91 Å². The van der Waals surface area contributed by atoms with Crippen LogP contribution in [0.4, 0.5) is 5.69 Å². The molecule has 0 spiro atoms. The molecule has 0 aliphatic heterocycles. The molecule has 3 heteroatoms. The van der Waals surface area contributed by atoms with Crippen molar-refractivity contribution in [1.82, 2.24) is 0 Å². The van der Waals surface area contributed by atoms with Crippen molar-refractivity contribution in [3.63, 3.8) is 0 Å². The minimum atomic E-state index is -0.468. The zero-order chi connectivity index (χ0) is 18.7. The monoisotopic (exact) mass is 363 g/mol. The second-order valence-corrected chi connectivity index (χ2v) is 7.77. The minimum Gasteiger partial charge on any atom is -0.325 e. The highest BCUT2D eigenvalue weighted by Gasteiger charge is 2.22. The Hall–Kier alpha value is -2.58. The minimum absolute atomic E-state index is 0.0112. The zero-order valence-corrected chi connectivity index (χ0v) is 16.0. The van der Waals surface area contributed by atoms with Gasteiger partial charge < -0.3 is 5.32 Å². The summed E-state index contributed by atoms with van der Waals surface area (Å²) in [4.78, 5) is 12.6. The van der Waals surface area contributed by atoms with Gasteiger partial charge >= 0.3 is 0 Å². The number of anilines is 1. The molecular formula is C23H22ClNO. The van der Waals surface area contributed by atoms with Gasteiger partial charge in [0.1, 0.15) is 0 Å². The van der Waals surface area contributed by atoms with E-state index in [9.17, 15) is 4.79 Å². The van der Waals surface area contributed by atoms with Gasteiger partial charge in [-0.15, -0.1) is 0 Å². The largest absolute Gasteiger partial charge is 0.325 e. The fourth-order valence-corrected chi connectivity index (χ4v) is 2.77. The molecule has 3 rings (SSSR count). The summed E-state index contributed by atoms with van der Waals surface area (Å²) in [6.45, 7) is 5.73. The molecule has 0 saturated heterocycles. The Kier molecular flexibility index (Phi) is 5.15. The molecule has 0 aliphatic carbocycles. The summed E-state index contributed by atoms with van der Waals surface area (Å²) in [5.41, 5.74) is 4.50. The molecule has 132 valence electrons. The van der Waals surface area contributed by atoms with Crippen LogP contribution in [0.5, 0.6) is 0 Å². The highest BCUT2D eigenvalue weighted by molar-refractivity contribution is 6.30. The van der Waals surface area contributed by atoms with Crippen LogP contribution in [0.25, 0.3) is 22.3 Å². The molecule has 1 N–H and O–H groups in total. The zero-order valence-electron chi connectivity index (χ0n) is 15.2. The number of nitrogens with one attached hydrogen (secondary N) is 1. The van der Waals surface area contributed by atoms with Gasteiger partial charge in [-0.05, 0) is 34.9 Å². The third-order valence-electron chi connectivity index (χ3n) is 4.21. The molecule has 26 heavy (non-hydrogen) atoms. The van der Waals surface area contributed by atoms with Crippen molar-refractivity contribution < 1.29 is 4.79 Å². The Morgan fingerprint density at radius 1 is 0.808 bits per heavy atom. The molecule has 0 fully saturated rings. The highest BCUT2D eigenvalue weighted by Crippen LogP contribution is 2.34. The number of carbonyl (C=O) groups is 1. The fraction of sp³-hybridized carbons (Fsp3) is 0.174. The average Bonchev–Trinajstić information content (AvgIpc) is 2.62. The first kappa shape index (κ1) is 18.2. The van der Waals surface area contributed by atoms with Gasteiger partial charge in [-0.3, -0.25) is 4.79 Å².